The molecule has 2 N–H and O–H groups in total. The molecule has 0 aliphatic carbocycles. The molecule has 0 unspecified atom stereocenters. The number of carbonyl (C=O) groups is 1. The normalized spacial score (nSPS) is 10.7. The Balaban J connectivity index is 2.30. The van der Waals surface area contributed by atoms with Crippen LogP contribution in [-0.2, 0) is 0 Å². The average molecular weight is 261 g/mol. The molecule has 1 amide bonds. The predicted molar refractivity (Wildman–Crippen MR) is 72.7 cm³/mol. The van der Waals surface area contributed by atoms with Crippen molar-refractivity contribution in [3.8, 4) is 0 Å². The van der Waals surface area contributed by atoms with E-state index in [1.54, 1.807) is 19.1 Å². The highest BCUT2D eigenvalue weighted by atomic mass is 19.1. The number of benzene rings is 1. The standard InChI is InChI=1S/C14H16FN3O/c1-9-12(14(19)17-6-5-16-2)7-10-3-4-11(15)8-13(10)18-9/h3-4,7-8,16H,5-6H2,1-2H3,(H,17,19). The van der Waals surface area contributed by atoms with E-state index in [-0.39, 0.29) is 11.7 Å². The molecule has 19 heavy (non-hydrogen) atoms. The maximum atomic E-state index is 13.1. The molecule has 1 aromatic carbocycles. The van der Waals surface area contributed by atoms with E-state index in [1.165, 1.54) is 12.1 Å². The largest absolute Gasteiger partial charge is 0.351 e. The van der Waals surface area contributed by atoms with Crippen LogP contribution in [0.3, 0.4) is 0 Å². The fourth-order valence-electron chi connectivity index (χ4n) is 1.86. The second kappa shape index (κ2) is 5.75. The van der Waals surface area contributed by atoms with Crippen molar-refractivity contribution in [2.75, 3.05) is 20.1 Å². The molecule has 0 aliphatic rings. The summed E-state index contributed by atoms with van der Waals surface area (Å²) < 4.78 is 13.1. The van der Waals surface area contributed by atoms with Crippen molar-refractivity contribution in [2.24, 2.45) is 0 Å². The van der Waals surface area contributed by atoms with E-state index in [9.17, 15) is 9.18 Å². The molecule has 1 heterocycles. The van der Waals surface area contributed by atoms with Gasteiger partial charge in [-0.2, -0.15) is 0 Å². The number of hydrogen-bond acceptors (Lipinski definition) is 3. The SMILES string of the molecule is CNCCNC(=O)c1cc2ccc(F)cc2nc1C. The number of pyridine rings is 1. The molecule has 0 saturated carbocycles. The molecule has 0 saturated heterocycles. The number of carbonyl (C=O) groups excluding carboxylic acids is 1. The second-order valence-electron chi connectivity index (χ2n) is 4.32. The zero-order valence-corrected chi connectivity index (χ0v) is 11.0. The lowest BCUT2D eigenvalue weighted by Gasteiger charge is -2.08. The fourth-order valence-corrected chi connectivity index (χ4v) is 1.86. The molecule has 1 aromatic heterocycles. The molecule has 0 bridgehead atoms. The van der Waals surface area contributed by atoms with E-state index in [1.807, 2.05) is 7.05 Å². The number of aromatic nitrogens is 1. The highest BCUT2D eigenvalue weighted by molar-refractivity contribution is 5.98. The maximum Gasteiger partial charge on any atom is 0.253 e. The van der Waals surface area contributed by atoms with Crippen molar-refractivity contribution in [1.82, 2.24) is 15.6 Å². The fraction of sp³-hybridized carbons (Fsp3) is 0.286. The minimum Gasteiger partial charge on any atom is -0.351 e. The number of fused-ring (bicyclic) bond motifs is 1. The van der Waals surface area contributed by atoms with E-state index in [0.29, 0.717) is 29.9 Å². The van der Waals surface area contributed by atoms with Crippen LogP contribution in [0.1, 0.15) is 16.1 Å². The number of amides is 1. The van der Waals surface area contributed by atoms with Gasteiger partial charge in [-0.3, -0.25) is 9.78 Å². The molecule has 2 rings (SSSR count). The third-order valence-corrected chi connectivity index (χ3v) is 2.88. The number of nitrogens with zero attached hydrogens (tertiary/aromatic N) is 1. The van der Waals surface area contributed by atoms with Crippen molar-refractivity contribution in [3.63, 3.8) is 0 Å². The van der Waals surface area contributed by atoms with Crippen molar-refractivity contribution in [2.45, 2.75) is 6.92 Å². The summed E-state index contributed by atoms with van der Waals surface area (Å²) in [7, 11) is 1.82. The van der Waals surface area contributed by atoms with Gasteiger partial charge in [-0.15, -0.1) is 0 Å². The molecule has 0 fully saturated rings. The molecular formula is C14H16FN3O. The third-order valence-electron chi connectivity index (χ3n) is 2.88. The third kappa shape index (κ3) is 3.06. The first-order chi connectivity index (χ1) is 9.11. The summed E-state index contributed by atoms with van der Waals surface area (Å²) >= 11 is 0. The Morgan fingerprint density at radius 2 is 2.11 bits per heavy atom. The second-order valence-corrected chi connectivity index (χ2v) is 4.32. The number of rotatable bonds is 4. The van der Waals surface area contributed by atoms with E-state index < -0.39 is 0 Å². The van der Waals surface area contributed by atoms with Gasteiger partial charge in [0.15, 0.2) is 0 Å². The summed E-state index contributed by atoms with van der Waals surface area (Å²) in [6.45, 7) is 3.00. The van der Waals surface area contributed by atoms with Gasteiger partial charge >= 0.3 is 0 Å². The molecule has 5 heteroatoms. The number of aryl methyl sites for hydroxylation is 1. The summed E-state index contributed by atoms with van der Waals surface area (Å²) in [6, 6.07) is 6.10. The number of hydrogen-bond donors (Lipinski definition) is 2. The molecule has 0 atom stereocenters. The highest BCUT2D eigenvalue weighted by Gasteiger charge is 2.11. The molecule has 0 spiro atoms. The Morgan fingerprint density at radius 3 is 2.84 bits per heavy atom. The lowest BCUT2D eigenvalue weighted by Crippen LogP contribution is -2.31. The molecular weight excluding hydrogens is 245 g/mol. The number of nitrogens with one attached hydrogen (secondary N) is 2. The van der Waals surface area contributed by atoms with Gasteiger partial charge in [0.1, 0.15) is 5.82 Å². The van der Waals surface area contributed by atoms with Crippen LogP contribution in [0.4, 0.5) is 4.39 Å². The van der Waals surface area contributed by atoms with Crippen LogP contribution in [0.15, 0.2) is 24.3 Å². The maximum absolute atomic E-state index is 13.1. The Kier molecular flexibility index (Phi) is 4.06. The summed E-state index contributed by atoms with van der Waals surface area (Å²) in [5.74, 6) is -0.489. The van der Waals surface area contributed by atoms with Gasteiger partial charge in [0.2, 0.25) is 0 Å². The van der Waals surface area contributed by atoms with Gasteiger partial charge in [0, 0.05) is 24.5 Å². The van der Waals surface area contributed by atoms with Gasteiger partial charge in [0.05, 0.1) is 16.8 Å². The van der Waals surface area contributed by atoms with E-state index in [0.717, 1.165) is 5.39 Å². The lowest BCUT2D eigenvalue weighted by atomic mass is 10.1. The lowest BCUT2D eigenvalue weighted by molar-refractivity contribution is 0.0953. The minimum absolute atomic E-state index is 0.161. The summed E-state index contributed by atoms with van der Waals surface area (Å²) in [5.41, 5.74) is 1.68. The van der Waals surface area contributed by atoms with Gasteiger partial charge < -0.3 is 10.6 Å². The summed E-state index contributed by atoms with van der Waals surface area (Å²) in [5, 5.41) is 6.51. The van der Waals surface area contributed by atoms with Gasteiger partial charge in [0.25, 0.3) is 5.91 Å². The first kappa shape index (κ1) is 13.4. The van der Waals surface area contributed by atoms with Crippen LogP contribution < -0.4 is 10.6 Å². The van der Waals surface area contributed by atoms with Crippen LogP contribution in [-0.4, -0.2) is 31.0 Å². The minimum atomic E-state index is -0.328. The summed E-state index contributed by atoms with van der Waals surface area (Å²) in [6.07, 6.45) is 0. The van der Waals surface area contributed by atoms with Crippen LogP contribution in [0.2, 0.25) is 0 Å². The van der Waals surface area contributed by atoms with Crippen LogP contribution in [0, 0.1) is 12.7 Å². The Bertz CT molecular complexity index is 613. The predicted octanol–water partition coefficient (Wildman–Crippen LogP) is 1.63. The molecule has 2 aromatic rings. The number of likely N-dealkylation sites (N-methyl/N-ethyl adjacent to an activating group) is 1. The number of halogens is 1. The van der Waals surface area contributed by atoms with Crippen molar-refractivity contribution < 1.29 is 9.18 Å². The topological polar surface area (TPSA) is 54.0 Å². The highest BCUT2D eigenvalue weighted by Crippen LogP contribution is 2.17. The average Bonchev–Trinajstić information content (AvgIpc) is 2.38. The van der Waals surface area contributed by atoms with Gasteiger partial charge in [-0.1, -0.05) is 0 Å². The molecule has 100 valence electrons. The van der Waals surface area contributed by atoms with Crippen LogP contribution >= 0.6 is 0 Å². The van der Waals surface area contributed by atoms with E-state index in [2.05, 4.69) is 15.6 Å². The van der Waals surface area contributed by atoms with Crippen molar-refractivity contribution in [3.05, 3.63) is 41.3 Å². The van der Waals surface area contributed by atoms with E-state index >= 15 is 0 Å². The monoisotopic (exact) mass is 261 g/mol. The Morgan fingerprint density at radius 1 is 1.32 bits per heavy atom. The Labute approximate surface area is 111 Å². The van der Waals surface area contributed by atoms with E-state index in [4.69, 9.17) is 0 Å². The quantitative estimate of drug-likeness (QED) is 0.822. The zero-order valence-electron chi connectivity index (χ0n) is 11.0. The smallest absolute Gasteiger partial charge is 0.253 e. The Hall–Kier alpha value is -2.01. The molecule has 4 nitrogen and oxygen atoms in total. The first-order valence-electron chi connectivity index (χ1n) is 6.11. The van der Waals surface area contributed by atoms with Crippen LogP contribution in [0.25, 0.3) is 10.9 Å². The van der Waals surface area contributed by atoms with Gasteiger partial charge in [-0.05, 0) is 32.2 Å². The molecule has 0 aliphatic heterocycles. The van der Waals surface area contributed by atoms with Gasteiger partial charge in [-0.25, -0.2) is 4.39 Å². The van der Waals surface area contributed by atoms with Crippen LogP contribution in [0.5, 0.6) is 0 Å². The van der Waals surface area contributed by atoms with Crippen molar-refractivity contribution in [1.29, 1.82) is 0 Å². The zero-order chi connectivity index (χ0) is 13.8. The summed E-state index contributed by atoms with van der Waals surface area (Å²) in [4.78, 5) is 16.3. The molecule has 0 radical (unpaired) electrons. The van der Waals surface area contributed by atoms with Crippen molar-refractivity contribution >= 4 is 16.8 Å². The first-order valence-corrected chi connectivity index (χ1v) is 6.11.